The first-order valence-electron chi connectivity index (χ1n) is 12.9. The van der Waals surface area contributed by atoms with Crippen molar-refractivity contribution in [3.63, 3.8) is 0 Å². The van der Waals surface area contributed by atoms with Gasteiger partial charge in [-0.25, -0.2) is 13.1 Å². The van der Waals surface area contributed by atoms with Crippen molar-refractivity contribution in [3.05, 3.63) is 101 Å². The van der Waals surface area contributed by atoms with Crippen LogP contribution >= 0.6 is 0 Å². The highest BCUT2D eigenvalue weighted by Crippen LogP contribution is 2.41. The highest BCUT2D eigenvalue weighted by molar-refractivity contribution is 7.88. The molecule has 8 nitrogen and oxygen atoms in total. The van der Waals surface area contributed by atoms with Gasteiger partial charge in [-0.3, -0.25) is 9.59 Å². The standard InChI is InChI=1S/C31H28N4O4S/c1-18-22(8-5-9-27(18)35-17-21-6-3-4-7-23(21)31(35)37)24-13-11-20(15-28(32)36)30-29(24)25-12-10-19(14-26(25)34-30)16-33-40(2,38)39/h3-14,33-34H,15-17H2,1-2H3,(H2,32,36). The van der Waals surface area contributed by atoms with Crippen LogP contribution in [-0.4, -0.2) is 31.5 Å². The Morgan fingerprint density at radius 3 is 2.52 bits per heavy atom. The molecule has 0 spiro atoms. The zero-order chi connectivity index (χ0) is 28.2. The van der Waals surface area contributed by atoms with Crippen LogP contribution in [0.4, 0.5) is 5.69 Å². The zero-order valence-electron chi connectivity index (χ0n) is 22.1. The Hall–Kier alpha value is -4.47. The number of aromatic amines is 1. The van der Waals surface area contributed by atoms with Crippen LogP contribution in [0.2, 0.25) is 0 Å². The number of fused-ring (bicyclic) bond motifs is 4. The normalized spacial score (nSPS) is 13.3. The Kier molecular flexibility index (Phi) is 6.20. The average molecular weight is 553 g/mol. The number of H-pyrrole nitrogens is 1. The molecule has 6 rings (SSSR count). The Morgan fingerprint density at radius 2 is 1.77 bits per heavy atom. The maximum Gasteiger partial charge on any atom is 0.258 e. The minimum Gasteiger partial charge on any atom is -0.369 e. The van der Waals surface area contributed by atoms with Crippen LogP contribution < -0.4 is 15.4 Å². The second-order valence-electron chi connectivity index (χ2n) is 10.3. The van der Waals surface area contributed by atoms with E-state index in [1.165, 1.54) is 0 Å². The zero-order valence-corrected chi connectivity index (χ0v) is 22.9. The quantitative estimate of drug-likeness (QED) is 0.274. The molecule has 2 heterocycles. The Labute approximate surface area is 231 Å². The maximum absolute atomic E-state index is 13.3. The summed E-state index contributed by atoms with van der Waals surface area (Å²) in [7, 11) is -3.34. The van der Waals surface area contributed by atoms with E-state index in [0.717, 1.165) is 72.7 Å². The van der Waals surface area contributed by atoms with Crippen LogP contribution in [0.1, 0.15) is 32.6 Å². The number of nitrogens with zero attached hydrogens (tertiary/aromatic N) is 1. The number of nitrogens with two attached hydrogens (primary N) is 1. The number of carbonyl (C=O) groups is 2. The number of nitrogens with one attached hydrogen (secondary N) is 2. The van der Waals surface area contributed by atoms with E-state index in [2.05, 4.69) is 9.71 Å². The molecule has 0 fully saturated rings. The van der Waals surface area contributed by atoms with Gasteiger partial charge in [-0.2, -0.15) is 0 Å². The lowest BCUT2D eigenvalue weighted by Gasteiger charge is -2.21. The van der Waals surface area contributed by atoms with Crippen LogP contribution in [0.5, 0.6) is 0 Å². The van der Waals surface area contributed by atoms with Crippen molar-refractivity contribution in [2.24, 2.45) is 5.73 Å². The molecule has 0 saturated heterocycles. The summed E-state index contributed by atoms with van der Waals surface area (Å²) in [6.45, 7) is 2.70. The minimum absolute atomic E-state index is 0.0138. The first kappa shape index (κ1) is 25.8. The number of rotatable bonds is 7. The maximum atomic E-state index is 13.3. The van der Waals surface area contributed by atoms with E-state index in [0.29, 0.717) is 6.54 Å². The second kappa shape index (κ2) is 9.62. The van der Waals surface area contributed by atoms with Crippen molar-refractivity contribution in [2.45, 2.75) is 26.4 Å². The van der Waals surface area contributed by atoms with E-state index in [1.54, 1.807) is 0 Å². The predicted octanol–water partition coefficient (Wildman–Crippen LogP) is 4.53. The van der Waals surface area contributed by atoms with Crippen molar-refractivity contribution in [3.8, 4) is 11.1 Å². The monoisotopic (exact) mass is 552 g/mol. The topological polar surface area (TPSA) is 125 Å². The summed E-state index contributed by atoms with van der Waals surface area (Å²) in [5, 5.41) is 1.88. The van der Waals surface area contributed by atoms with Crippen LogP contribution in [0.25, 0.3) is 32.9 Å². The Bertz CT molecular complexity index is 1960. The van der Waals surface area contributed by atoms with Crippen molar-refractivity contribution in [2.75, 3.05) is 11.2 Å². The molecular weight excluding hydrogens is 524 g/mol. The fourth-order valence-electron chi connectivity index (χ4n) is 5.66. The highest BCUT2D eigenvalue weighted by Gasteiger charge is 2.29. The summed E-state index contributed by atoms with van der Waals surface area (Å²) in [5.74, 6) is -0.448. The predicted molar refractivity (Wildman–Crippen MR) is 158 cm³/mol. The number of aromatic nitrogens is 1. The van der Waals surface area contributed by atoms with Crippen LogP contribution in [0.3, 0.4) is 0 Å². The summed E-state index contributed by atoms with van der Waals surface area (Å²) in [5.41, 5.74) is 14.2. The number of sulfonamides is 1. The van der Waals surface area contributed by atoms with E-state index < -0.39 is 15.9 Å². The van der Waals surface area contributed by atoms with E-state index in [4.69, 9.17) is 5.73 Å². The lowest BCUT2D eigenvalue weighted by molar-refractivity contribution is -0.117. The number of amides is 2. The molecule has 0 atom stereocenters. The molecule has 0 saturated carbocycles. The third-order valence-corrected chi connectivity index (χ3v) is 8.18. The van der Waals surface area contributed by atoms with Gasteiger partial charge in [0.2, 0.25) is 15.9 Å². The molecule has 1 aromatic heterocycles. The van der Waals surface area contributed by atoms with Gasteiger partial charge in [0.15, 0.2) is 0 Å². The molecule has 9 heteroatoms. The van der Waals surface area contributed by atoms with E-state index >= 15 is 0 Å². The summed E-state index contributed by atoms with van der Waals surface area (Å²) >= 11 is 0. The number of primary amides is 1. The molecule has 1 aliphatic rings. The van der Waals surface area contributed by atoms with Gasteiger partial charge in [-0.15, -0.1) is 0 Å². The first-order chi connectivity index (χ1) is 19.1. The van der Waals surface area contributed by atoms with Crippen molar-refractivity contribution >= 4 is 49.3 Å². The van der Waals surface area contributed by atoms with Gasteiger partial charge in [0.1, 0.15) is 0 Å². The number of benzene rings is 4. The van der Waals surface area contributed by atoms with Gasteiger partial charge in [-0.1, -0.05) is 54.6 Å². The van der Waals surface area contributed by atoms with Gasteiger partial charge < -0.3 is 15.6 Å². The Morgan fingerprint density at radius 1 is 1.00 bits per heavy atom. The summed E-state index contributed by atoms with van der Waals surface area (Å²) < 4.78 is 25.7. The third kappa shape index (κ3) is 4.53. The Balaban J connectivity index is 1.51. The smallest absolute Gasteiger partial charge is 0.258 e. The summed E-state index contributed by atoms with van der Waals surface area (Å²) in [6.07, 6.45) is 1.20. The average Bonchev–Trinajstić information content (AvgIpc) is 3.46. The van der Waals surface area contributed by atoms with Crippen LogP contribution in [0.15, 0.2) is 72.8 Å². The first-order valence-corrected chi connectivity index (χ1v) is 14.8. The summed E-state index contributed by atoms with van der Waals surface area (Å²) in [6, 6.07) is 23.3. The molecule has 202 valence electrons. The molecule has 0 unspecified atom stereocenters. The molecule has 0 aliphatic carbocycles. The SMILES string of the molecule is Cc1c(-c2ccc(CC(N)=O)c3[nH]c4cc(CNS(C)(=O)=O)ccc4c23)cccc1N1Cc2ccccc2C1=O. The molecule has 0 bridgehead atoms. The number of anilines is 1. The van der Waals surface area contributed by atoms with Gasteiger partial charge in [-0.05, 0) is 58.5 Å². The molecule has 0 radical (unpaired) electrons. The largest absolute Gasteiger partial charge is 0.369 e. The molecule has 4 N–H and O–H groups in total. The van der Waals surface area contributed by atoms with Crippen molar-refractivity contribution in [1.29, 1.82) is 0 Å². The van der Waals surface area contributed by atoms with Gasteiger partial charge in [0.05, 0.1) is 24.7 Å². The number of hydrogen-bond donors (Lipinski definition) is 3. The molecule has 5 aromatic rings. The van der Waals surface area contributed by atoms with Crippen LogP contribution in [-0.2, 0) is 34.3 Å². The fraction of sp³-hybridized carbons (Fsp3) is 0.161. The molecule has 2 amide bonds. The fourth-order valence-corrected chi connectivity index (χ4v) is 6.09. The van der Waals surface area contributed by atoms with Gasteiger partial charge >= 0.3 is 0 Å². The van der Waals surface area contributed by atoms with Gasteiger partial charge in [0, 0.05) is 34.1 Å². The van der Waals surface area contributed by atoms with Gasteiger partial charge in [0.25, 0.3) is 5.91 Å². The summed E-state index contributed by atoms with van der Waals surface area (Å²) in [4.78, 5) is 30.4. The van der Waals surface area contributed by atoms with Crippen molar-refractivity contribution in [1.82, 2.24) is 9.71 Å². The van der Waals surface area contributed by atoms with E-state index in [-0.39, 0.29) is 18.9 Å². The third-order valence-electron chi connectivity index (χ3n) is 7.52. The number of carbonyl (C=O) groups excluding carboxylic acids is 2. The van der Waals surface area contributed by atoms with E-state index in [9.17, 15) is 18.0 Å². The molecule has 1 aliphatic heterocycles. The van der Waals surface area contributed by atoms with Crippen molar-refractivity contribution < 1.29 is 18.0 Å². The highest BCUT2D eigenvalue weighted by atomic mass is 32.2. The lowest BCUT2D eigenvalue weighted by atomic mass is 9.92. The lowest BCUT2D eigenvalue weighted by Crippen LogP contribution is -2.24. The molecule has 40 heavy (non-hydrogen) atoms. The molecular formula is C31H28N4O4S. The second-order valence-corrected chi connectivity index (χ2v) is 12.1. The van der Waals surface area contributed by atoms with Crippen LogP contribution in [0, 0.1) is 6.92 Å². The van der Waals surface area contributed by atoms with E-state index in [1.807, 2.05) is 84.6 Å². The minimum atomic E-state index is -3.34. The molecule has 4 aromatic carbocycles. The number of hydrogen-bond acceptors (Lipinski definition) is 4.